The van der Waals surface area contributed by atoms with Crippen LogP contribution in [0.2, 0.25) is 0 Å². The van der Waals surface area contributed by atoms with E-state index in [4.69, 9.17) is 0 Å². The Morgan fingerprint density at radius 1 is 1.39 bits per heavy atom. The summed E-state index contributed by atoms with van der Waals surface area (Å²) < 4.78 is 1.79. The summed E-state index contributed by atoms with van der Waals surface area (Å²) in [6.45, 7) is 4.82. The lowest BCUT2D eigenvalue weighted by Crippen LogP contribution is -2.35. The summed E-state index contributed by atoms with van der Waals surface area (Å²) in [5.74, 6) is -0.0671. The predicted molar refractivity (Wildman–Crippen MR) is 87.3 cm³/mol. The number of nitrogens with one attached hydrogen (secondary N) is 1. The predicted octanol–water partition coefficient (Wildman–Crippen LogP) is 1.61. The van der Waals surface area contributed by atoms with Crippen LogP contribution in [0.25, 0.3) is 0 Å². The van der Waals surface area contributed by atoms with Gasteiger partial charge in [0.25, 0.3) is 5.91 Å². The van der Waals surface area contributed by atoms with E-state index < -0.39 is 0 Å². The van der Waals surface area contributed by atoms with Gasteiger partial charge in [0.2, 0.25) is 5.91 Å². The Morgan fingerprint density at radius 3 is 2.91 bits per heavy atom. The second-order valence-electron chi connectivity index (χ2n) is 5.87. The molecule has 0 aliphatic carbocycles. The van der Waals surface area contributed by atoms with E-state index in [1.165, 1.54) is 0 Å². The lowest BCUT2D eigenvalue weighted by Gasteiger charge is -2.16. The number of aromatic nitrogens is 2. The Kier molecular flexibility index (Phi) is 4.14. The number of amides is 2. The van der Waals surface area contributed by atoms with Crippen LogP contribution >= 0.6 is 0 Å². The summed E-state index contributed by atoms with van der Waals surface area (Å²) in [5.41, 5.74) is 2.59. The summed E-state index contributed by atoms with van der Waals surface area (Å²) in [4.78, 5) is 25.7. The third kappa shape index (κ3) is 3.26. The van der Waals surface area contributed by atoms with Gasteiger partial charge in [0.05, 0.1) is 6.54 Å². The molecule has 3 rings (SSSR count). The molecule has 0 unspecified atom stereocenters. The molecule has 0 radical (unpaired) electrons. The minimum Gasteiger partial charge on any atom is -0.348 e. The van der Waals surface area contributed by atoms with Gasteiger partial charge in [-0.1, -0.05) is 0 Å². The van der Waals surface area contributed by atoms with E-state index >= 15 is 0 Å². The second kappa shape index (κ2) is 6.24. The second-order valence-corrected chi connectivity index (χ2v) is 5.87. The first kappa shape index (κ1) is 15.3. The fourth-order valence-electron chi connectivity index (χ4n) is 2.91. The molecule has 6 nitrogen and oxygen atoms in total. The van der Waals surface area contributed by atoms with Gasteiger partial charge in [-0.25, -0.2) is 0 Å². The van der Waals surface area contributed by atoms with Crippen molar-refractivity contribution in [3.8, 4) is 0 Å². The third-order valence-electron chi connectivity index (χ3n) is 4.01. The third-order valence-corrected chi connectivity index (χ3v) is 4.01. The van der Waals surface area contributed by atoms with Crippen molar-refractivity contribution < 1.29 is 9.59 Å². The number of anilines is 1. The van der Waals surface area contributed by atoms with E-state index in [2.05, 4.69) is 10.4 Å². The summed E-state index contributed by atoms with van der Waals surface area (Å²) >= 11 is 0. The van der Waals surface area contributed by atoms with Crippen LogP contribution in [0.3, 0.4) is 0 Å². The van der Waals surface area contributed by atoms with Crippen LogP contribution in [0.4, 0.5) is 5.69 Å². The van der Waals surface area contributed by atoms with Crippen LogP contribution in [-0.4, -0.2) is 34.2 Å². The first-order valence-corrected chi connectivity index (χ1v) is 7.74. The van der Waals surface area contributed by atoms with E-state index in [-0.39, 0.29) is 17.9 Å². The molecule has 1 N–H and O–H groups in total. The minimum atomic E-state index is -0.103. The van der Waals surface area contributed by atoms with Gasteiger partial charge >= 0.3 is 0 Å². The average Bonchev–Trinajstić information content (AvgIpc) is 3.14. The van der Waals surface area contributed by atoms with E-state index in [0.29, 0.717) is 18.7 Å². The molecular formula is C17H20N4O2. The van der Waals surface area contributed by atoms with Crippen LogP contribution in [0.5, 0.6) is 0 Å². The molecule has 23 heavy (non-hydrogen) atoms. The monoisotopic (exact) mass is 312 g/mol. The van der Waals surface area contributed by atoms with Crippen LogP contribution in [0.1, 0.15) is 29.8 Å². The van der Waals surface area contributed by atoms with Gasteiger partial charge in [0, 0.05) is 43.2 Å². The van der Waals surface area contributed by atoms with Gasteiger partial charge in [0.1, 0.15) is 0 Å². The van der Waals surface area contributed by atoms with Crippen molar-refractivity contribution in [2.75, 3.05) is 11.4 Å². The number of nitrogens with zero attached hydrogens (tertiary/aromatic N) is 3. The maximum absolute atomic E-state index is 12.4. The maximum atomic E-state index is 12.4. The average molecular weight is 312 g/mol. The molecule has 6 heteroatoms. The van der Waals surface area contributed by atoms with Crippen LogP contribution in [0.15, 0.2) is 36.7 Å². The van der Waals surface area contributed by atoms with Crippen LogP contribution < -0.4 is 10.2 Å². The molecule has 0 saturated carbocycles. The quantitative estimate of drug-likeness (QED) is 0.932. The van der Waals surface area contributed by atoms with Gasteiger partial charge in [-0.15, -0.1) is 0 Å². The van der Waals surface area contributed by atoms with Crippen molar-refractivity contribution in [1.29, 1.82) is 0 Å². The highest BCUT2D eigenvalue weighted by Crippen LogP contribution is 2.28. The molecule has 120 valence electrons. The summed E-state index contributed by atoms with van der Waals surface area (Å²) in [6, 6.07) is 7.35. The number of hydrogen-bond donors (Lipinski definition) is 1. The molecule has 1 aromatic heterocycles. The molecule has 1 aliphatic heterocycles. The highest BCUT2D eigenvalue weighted by Gasteiger charge is 2.23. The first-order valence-electron chi connectivity index (χ1n) is 7.74. The van der Waals surface area contributed by atoms with Gasteiger partial charge < -0.3 is 10.2 Å². The van der Waals surface area contributed by atoms with Crippen molar-refractivity contribution >= 4 is 17.5 Å². The normalized spacial score (nSPS) is 14.4. The molecule has 0 fully saturated rings. The maximum Gasteiger partial charge on any atom is 0.251 e. The molecule has 0 bridgehead atoms. The van der Waals surface area contributed by atoms with E-state index in [9.17, 15) is 9.59 Å². The van der Waals surface area contributed by atoms with Crippen LogP contribution in [0, 0.1) is 0 Å². The van der Waals surface area contributed by atoms with Crippen molar-refractivity contribution in [1.82, 2.24) is 15.1 Å². The molecule has 1 atom stereocenters. The number of fused-ring (bicyclic) bond motifs is 1. The van der Waals surface area contributed by atoms with Gasteiger partial charge in [0.15, 0.2) is 0 Å². The van der Waals surface area contributed by atoms with Crippen molar-refractivity contribution in [3.63, 3.8) is 0 Å². The zero-order valence-electron chi connectivity index (χ0n) is 13.3. The lowest BCUT2D eigenvalue weighted by molar-refractivity contribution is -0.116. The topological polar surface area (TPSA) is 67.2 Å². The van der Waals surface area contributed by atoms with Gasteiger partial charge in [-0.05, 0) is 43.2 Å². The number of hydrogen-bond acceptors (Lipinski definition) is 3. The Balaban J connectivity index is 1.67. The Hall–Kier alpha value is -2.63. The molecule has 0 spiro atoms. The Bertz CT molecular complexity index is 724. The van der Waals surface area contributed by atoms with E-state index in [1.807, 2.05) is 31.3 Å². The van der Waals surface area contributed by atoms with Crippen LogP contribution in [-0.2, 0) is 17.8 Å². The molecule has 0 saturated heterocycles. The summed E-state index contributed by atoms with van der Waals surface area (Å²) in [5, 5.41) is 7.12. The fourth-order valence-corrected chi connectivity index (χ4v) is 2.91. The molecule has 1 aromatic carbocycles. The van der Waals surface area contributed by atoms with E-state index in [0.717, 1.165) is 17.7 Å². The number of rotatable bonds is 4. The largest absolute Gasteiger partial charge is 0.348 e. The van der Waals surface area contributed by atoms with Gasteiger partial charge in [-0.3, -0.25) is 14.3 Å². The zero-order chi connectivity index (χ0) is 16.4. The summed E-state index contributed by atoms with van der Waals surface area (Å²) in [7, 11) is 0. The standard InChI is InChI=1S/C17H20N4O2/c1-12(11-20-8-3-7-18-20)19-17(23)15-4-5-16-14(10-15)6-9-21(16)13(2)22/h3-5,7-8,10,12H,6,9,11H2,1-2H3,(H,19,23)/t12-/m0/s1. The van der Waals surface area contributed by atoms with Crippen molar-refractivity contribution in [3.05, 3.63) is 47.8 Å². The number of benzene rings is 1. The highest BCUT2D eigenvalue weighted by atomic mass is 16.2. The molecule has 2 heterocycles. The molecule has 2 aromatic rings. The zero-order valence-corrected chi connectivity index (χ0v) is 13.3. The molecular weight excluding hydrogens is 292 g/mol. The molecule has 1 aliphatic rings. The minimum absolute atomic E-state index is 0.0237. The first-order chi connectivity index (χ1) is 11.0. The number of carbonyl (C=O) groups is 2. The highest BCUT2D eigenvalue weighted by molar-refractivity contribution is 5.97. The van der Waals surface area contributed by atoms with Crippen molar-refractivity contribution in [2.45, 2.75) is 32.9 Å². The van der Waals surface area contributed by atoms with Gasteiger partial charge in [-0.2, -0.15) is 5.10 Å². The summed E-state index contributed by atoms with van der Waals surface area (Å²) in [6.07, 6.45) is 4.38. The SMILES string of the molecule is CC(=O)N1CCc2cc(C(=O)N[C@@H](C)Cn3cccn3)ccc21. The fraction of sp³-hybridized carbons (Fsp3) is 0.353. The lowest BCUT2D eigenvalue weighted by atomic mass is 10.1. The smallest absolute Gasteiger partial charge is 0.251 e. The number of carbonyl (C=O) groups excluding carboxylic acids is 2. The Labute approximate surface area is 135 Å². The Morgan fingerprint density at radius 2 is 2.22 bits per heavy atom. The van der Waals surface area contributed by atoms with Crippen molar-refractivity contribution in [2.24, 2.45) is 0 Å². The molecule has 2 amide bonds. The van der Waals surface area contributed by atoms with E-state index in [1.54, 1.807) is 28.8 Å².